The molecular formula is C22H27Cl2N7O3S. The Morgan fingerprint density at radius 2 is 1.86 bits per heavy atom. The van der Waals surface area contributed by atoms with Crippen LogP contribution in [-0.4, -0.2) is 61.7 Å². The number of hydrogen-bond acceptors (Lipinski definition) is 7. The summed E-state index contributed by atoms with van der Waals surface area (Å²) in [6.45, 7) is 3.06. The van der Waals surface area contributed by atoms with Crippen molar-refractivity contribution in [1.29, 1.82) is 0 Å². The third kappa shape index (κ3) is 4.99. The summed E-state index contributed by atoms with van der Waals surface area (Å²) < 4.78 is 4.75. The number of aromatic nitrogens is 5. The van der Waals surface area contributed by atoms with Gasteiger partial charge in [-0.05, 0) is 51.7 Å². The van der Waals surface area contributed by atoms with Crippen LogP contribution in [-0.2, 0) is 25.4 Å². The lowest BCUT2D eigenvalue weighted by molar-refractivity contribution is -0.119. The summed E-state index contributed by atoms with van der Waals surface area (Å²) >= 11 is 7.70. The summed E-state index contributed by atoms with van der Waals surface area (Å²) in [5, 5.41) is 1.20. The molecule has 0 radical (unpaired) electrons. The lowest BCUT2D eigenvalue weighted by Crippen LogP contribution is -2.39. The molecule has 0 bridgehead atoms. The molecule has 188 valence electrons. The van der Waals surface area contributed by atoms with Gasteiger partial charge in [0.15, 0.2) is 16.3 Å². The first-order valence-corrected chi connectivity index (χ1v) is 11.9. The van der Waals surface area contributed by atoms with Gasteiger partial charge in [0, 0.05) is 25.7 Å². The molecule has 0 fully saturated rings. The highest BCUT2D eigenvalue weighted by molar-refractivity contribution is 7.22. The average molecular weight is 540 g/mol. The lowest BCUT2D eigenvalue weighted by atomic mass is 10.2. The number of thiazole rings is 1. The van der Waals surface area contributed by atoms with Crippen LogP contribution in [0.1, 0.15) is 12.0 Å². The minimum Gasteiger partial charge on any atom is -0.315 e. The molecular weight excluding hydrogens is 513 g/mol. The third-order valence-corrected chi connectivity index (χ3v) is 7.23. The van der Waals surface area contributed by atoms with Gasteiger partial charge in [-0.3, -0.25) is 23.6 Å². The van der Waals surface area contributed by atoms with Crippen LogP contribution in [0.3, 0.4) is 0 Å². The van der Waals surface area contributed by atoms with Gasteiger partial charge in [-0.25, -0.2) is 14.8 Å². The normalized spacial score (nSPS) is 11.4. The molecule has 0 spiro atoms. The fourth-order valence-electron chi connectivity index (χ4n) is 3.82. The van der Waals surface area contributed by atoms with E-state index in [4.69, 9.17) is 16.6 Å². The van der Waals surface area contributed by atoms with Crippen molar-refractivity contribution >= 4 is 67.8 Å². The zero-order valence-electron chi connectivity index (χ0n) is 20.1. The summed E-state index contributed by atoms with van der Waals surface area (Å²) in [4.78, 5) is 51.2. The van der Waals surface area contributed by atoms with E-state index in [0.29, 0.717) is 16.7 Å². The smallest absolute Gasteiger partial charge is 0.315 e. The molecule has 0 atom stereocenters. The van der Waals surface area contributed by atoms with Gasteiger partial charge in [0.2, 0.25) is 5.91 Å². The zero-order chi connectivity index (χ0) is 24.7. The summed E-state index contributed by atoms with van der Waals surface area (Å²) in [5.41, 5.74) is 1.13. The van der Waals surface area contributed by atoms with Crippen molar-refractivity contribution < 1.29 is 4.79 Å². The summed E-state index contributed by atoms with van der Waals surface area (Å²) in [5.74, 6) is -0.225. The third-order valence-electron chi connectivity index (χ3n) is 5.78. The SMILES string of the molecule is Cc1c(Cl)ccc2sc(N(CCCN(C)C)C(=O)Cn3cnc4c3c(=O)n(C)c(=O)n4C)nc12.Cl. The van der Waals surface area contributed by atoms with Crippen LogP contribution < -0.4 is 16.1 Å². The monoisotopic (exact) mass is 539 g/mol. The Kier molecular flexibility index (Phi) is 8.05. The molecule has 4 aromatic rings. The average Bonchev–Trinajstić information content (AvgIpc) is 3.41. The maximum atomic E-state index is 13.5. The molecule has 0 saturated carbocycles. The highest BCUT2D eigenvalue weighted by Gasteiger charge is 2.23. The number of halogens is 2. The Morgan fingerprint density at radius 3 is 2.54 bits per heavy atom. The van der Waals surface area contributed by atoms with Crippen LogP contribution in [0.15, 0.2) is 28.0 Å². The van der Waals surface area contributed by atoms with Crippen molar-refractivity contribution in [2.75, 3.05) is 32.1 Å². The van der Waals surface area contributed by atoms with Crippen molar-refractivity contribution in [1.82, 2.24) is 28.6 Å². The Labute approximate surface area is 216 Å². The van der Waals surface area contributed by atoms with Gasteiger partial charge in [-0.1, -0.05) is 22.9 Å². The predicted molar refractivity (Wildman–Crippen MR) is 142 cm³/mol. The number of aryl methyl sites for hydroxylation is 2. The standard InChI is InChI=1S/C22H26ClN7O3S.ClH/c1-13-14(23)7-8-15-17(13)25-21(34-15)30(10-6-9-26(2)3)16(31)11-29-12-24-19-18(29)20(32)28(5)22(33)27(19)4;/h7-8,12H,6,9-11H2,1-5H3;1H. The van der Waals surface area contributed by atoms with Crippen LogP contribution in [0.25, 0.3) is 21.4 Å². The first-order valence-electron chi connectivity index (χ1n) is 10.7. The second-order valence-corrected chi connectivity index (χ2v) is 9.88. The van der Waals surface area contributed by atoms with Crippen molar-refractivity contribution in [2.24, 2.45) is 14.1 Å². The summed E-state index contributed by atoms with van der Waals surface area (Å²) in [7, 11) is 6.91. The van der Waals surface area contributed by atoms with E-state index < -0.39 is 11.2 Å². The number of carbonyl (C=O) groups is 1. The molecule has 0 unspecified atom stereocenters. The predicted octanol–water partition coefficient (Wildman–Crippen LogP) is 2.41. The molecule has 3 heterocycles. The fraction of sp³-hybridized carbons (Fsp3) is 0.409. The molecule has 1 aromatic carbocycles. The van der Waals surface area contributed by atoms with Crippen molar-refractivity contribution in [2.45, 2.75) is 19.9 Å². The van der Waals surface area contributed by atoms with Crippen LogP contribution in [0.4, 0.5) is 5.13 Å². The molecule has 4 rings (SSSR count). The highest BCUT2D eigenvalue weighted by Crippen LogP contribution is 2.33. The molecule has 0 aliphatic carbocycles. The lowest BCUT2D eigenvalue weighted by Gasteiger charge is -2.21. The summed E-state index contributed by atoms with van der Waals surface area (Å²) in [6.07, 6.45) is 2.17. The van der Waals surface area contributed by atoms with Crippen molar-refractivity contribution in [3.05, 3.63) is 49.9 Å². The number of anilines is 1. The van der Waals surface area contributed by atoms with Crippen LogP contribution in [0.5, 0.6) is 0 Å². The van der Waals surface area contributed by atoms with E-state index in [2.05, 4.69) is 9.88 Å². The zero-order valence-corrected chi connectivity index (χ0v) is 22.5. The van der Waals surface area contributed by atoms with Crippen LogP contribution >= 0.6 is 35.3 Å². The van der Waals surface area contributed by atoms with E-state index in [1.54, 1.807) is 11.9 Å². The number of rotatable bonds is 7. The van der Waals surface area contributed by atoms with E-state index in [0.717, 1.165) is 33.3 Å². The van der Waals surface area contributed by atoms with Crippen molar-refractivity contribution in [3.8, 4) is 0 Å². The molecule has 35 heavy (non-hydrogen) atoms. The van der Waals surface area contributed by atoms with E-state index >= 15 is 0 Å². The second kappa shape index (κ2) is 10.5. The molecule has 0 aliphatic rings. The van der Waals surface area contributed by atoms with E-state index in [1.807, 2.05) is 33.2 Å². The second-order valence-electron chi connectivity index (χ2n) is 8.47. The van der Waals surface area contributed by atoms with E-state index in [-0.39, 0.29) is 36.0 Å². The number of amides is 1. The van der Waals surface area contributed by atoms with Gasteiger partial charge in [-0.2, -0.15) is 0 Å². The largest absolute Gasteiger partial charge is 0.332 e. The highest BCUT2D eigenvalue weighted by atomic mass is 35.5. The topological polar surface area (TPSA) is 98.3 Å². The maximum Gasteiger partial charge on any atom is 0.332 e. The number of nitrogens with zero attached hydrogens (tertiary/aromatic N) is 7. The quantitative estimate of drug-likeness (QED) is 0.357. The Bertz CT molecular complexity index is 1520. The van der Waals surface area contributed by atoms with E-state index in [1.165, 1.54) is 33.8 Å². The molecule has 3 aromatic heterocycles. The number of carbonyl (C=O) groups excluding carboxylic acids is 1. The van der Waals surface area contributed by atoms with Gasteiger partial charge < -0.3 is 9.47 Å². The molecule has 0 saturated heterocycles. The molecule has 10 nitrogen and oxygen atoms in total. The van der Waals surface area contributed by atoms with Gasteiger partial charge >= 0.3 is 5.69 Å². The number of fused-ring (bicyclic) bond motifs is 2. The van der Waals surface area contributed by atoms with Gasteiger partial charge in [-0.15, -0.1) is 12.4 Å². The Hall–Kier alpha value is -2.73. The van der Waals surface area contributed by atoms with Crippen LogP contribution in [0, 0.1) is 6.92 Å². The number of imidazole rings is 1. The molecule has 0 aliphatic heterocycles. The molecule has 13 heteroatoms. The summed E-state index contributed by atoms with van der Waals surface area (Å²) in [6, 6.07) is 3.74. The van der Waals surface area contributed by atoms with Crippen molar-refractivity contribution in [3.63, 3.8) is 0 Å². The van der Waals surface area contributed by atoms with Gasteiger partial charge in [0.25, 0.3) is 5.56 Å². The molecule has 0 N–H and O–H groups in total. The molecule has 1 amide bonds. The number of benzene rings is 1. The minimum atomic E-state index is -0.493. The number of hydrogen-bond donors (Lipinski definition) is 0. The first kappa shape index (κ1) is 26.9. The first-order chi connectivity index (χ1) is 16.1. The van der Waals surface area contributed by atoms with Gasteiger partial charge in [0.1, 0.15) is 6.54 Å². The maximum absolute atomic E-state index is 13.5. The van der Waals surface area contributed by atoms with Crippen LogP contribution in [0.2, 0.25) is 5.02 Å². The fourth-order valence-corrected chi connectivity index (χ4v) is 5.05. The van der Waals surface area contributed by atoms with Gasteiger partial charge in [0.05, 0.1) is 16.5 Å². The minimum absolute atomic E-state index is 0. The van der Waals surface area contributed by atoms with E-state index in [9.17, 15) is 14.4 Å². The Morgan fingerprint density at radius 1 is 1.14 bits per heavy atom. The Balaban J connectivity index is 0.00000342.